The van der Waals surface area contributed by atoms with Crippen LogP contribution in [0.4, 0.5) is 0 Å². The van der Waals surface area contributed by atoms with E-state index in [1.54, 1.807) is 40.9 Å². The molecule has 3 amide bonds. The topological polar surface area (TPSA) is 78.5 Å². The largest absolute Gasteiger partial charge is 0.320 e. The molecule has 24 heavy (non-hydrogen) atoms. The van der Waals surface area contributed by atoms with Crippen molar-refractivity contribution in [3.05, 3.63) is 35.9 Å². The van der Waals surface area contributed by atoms with Crippen LogP contribution in [0.3, 0.4) is 0 Å². The molecule has 2 N–H and O–H groups in total. The number of thioether (sulfide) groups is 1. The summed E-state index contributed by atoms with van der Waals surface area (Å²) in [6, 6.07) is 8.15. The van der Waals surface area contributed by atoms with Gasteiger partial charge in [0.2, 0.25) is 5.91 Å². The molecule has 1 aliphatic carbocycles. The molecule has 1 heterocycles. The summed E-state index contributed by atoms with van der Waals surface area (Å²) < 4.78 is 0. The normalized spacial score (nSPS) is 20.8. The van der Waals surface area contributed by atoms with Gasteiger partial charge in [-0.1, -0.05) is 31.0 Å². The Morgan fingerprint density at radius 3 is 2.46 bits per heavy atom. The number of benzene rings is 1. The highest BCUT2D eigenvalue weighted by Gasteiger charge is 2.38. The van der Waals surface area contributed by atoms with E-state index in [4.69, 9.17) is 0 Å². The standard InChI is InChI=1S/C17H21N3O3S/c21-15(12-6-2-1-3-7-12)18-19-16(22)14-10-24-11-20(14)17(23)13-8-4-5-9-13/h1-3,6-7,13-14H,4-5,8-11H2,(H,18,21)(H,19,22)/t14-/m1/s1. The van der Waals surface area contributed by atoms with Crippen LogP contribution >= 0.6 is 11.8 Å². The Morgan fingerprint density at radius 1 is 1.04 bits per heavy atom. The lowest BCUT2D eigenvalue weighted by atomic mass is 10.1. The number of hydrogen-bond donors (Lipinski definition) is 2. The van der Waals surface area contributed by atoms with Gasteiger partial charge in [-0.3, -0.25) is 25.2 Å². The van der Waals surface area contributed by atoms with E-state index in [0.717, 1.165) is 25.7 Å². The maximum absolute atomic E-state index is 12.6. The summed E-state index contributed by atoms with van der Waals surface area (Å²) >= 11 is 1.57. The smallest absolute Gasteiger partial charge is 0.269 e. The van der Waals surface area contributed by atoms with Gasteiger partial charge >= 0.3 is 0 Å². The second-order valence-corrected chi connectivity index (χ2v) is 7.11. The third-order valence-electron chi connectivity index (χ3n) is 4.51. The van der Waals surface area contributed by atoms with Gasteiger partial charge in [0.15, 0.2) is 0 Å². The monoisotopic (exact) mass is 347 g/mol. The number of rotatable bonds is 3. The molecular formula is C17H21N3O3S. The number of nitrogens with one attached hydrogen (secondary N) is 2. The summed E-state index contributed by atoms with van der Waals surface area (Å²) in [5.74, 6) is 0.523. The highest BCUT2D eigenvalue weighted by atomic mass is 32.2. The zero-order valence-corrected chi connectivity index (χ0v) is 14.2. The Morgan fingerprint density at radius 2 is 1.75 bits per heavy atom. The van der Waals surface area contributed by atoms with Crippen molar-refractivity contribution in [3.63, 3.8) is 0 Å². The van der Waals surface area contributed by atoms with Crippen molar-refractivity contribution in [2.24, 2.45) is 5.92 Å². The number of nitrogens with zero attached hydrogens (tertiary/aromatic N) is 1. The van der Waals surface area contributed by atoms with Gasteiger partial charge in [0, 0.05) is 17.2 Å². The minimum atomic E-state index is -0.515. The second-order valence-electron chi connectivity index (χ2n) is 6.11. The lowest BCUT2D eigenvalue weighted by molar-refractivity contribution is -0.141. The Labute approximate surface area is 145 Å². The SMILES string of the molecule is O=C(NNC(=O)[C@H]1CSCN1C(=O)C1CCCC1)c1ccccc1. The van der Waals surface area contributed by atoms with Crippen LogP contribution in [0.15, 0.2) is 30.3 Å². The fourth-order valence-corrected chi connectivity index (χ4v) is 4.31. The predicted molar refractivity (Wildman–Crippen MR) is 92.0 cm³/mol. The molecule has 1 saturated carbocycles. The minimum absolute atomic E-state index is 0.0536. The molecule has 6 nitrogen and oxygen atoms in total. The maximum Gasteiger partial charge on any atom is 0.269 e. The summed E-state index contributed by atoms with van der Waals surface area (Å²) in [4.78, 5) is 38.6. The van der Waals surface area contributed by atoms with Gasteiger partial charge in [-0.25, -0.2) is 0 Å². The molecule has 2 fully saturated rings. The Hall–Kier alpha value is -2.02. The third-order valence-corrected chi connectivity index (χ3v) is 5.52. The van der Waals surface area contributed by atoms with Crippen molar-refractivity contribution in [2.75, 3.05) is 11.6 Å². The lowest BCUT2D eigenvalue weighted by Gasteiger charge is -2.25. The number of amides is 3. The summed E-state index contributed by atoms with van der Waals surface area (Å²) in [5.41, 5.74) is 5.34. The van der Waals surface area contributed by atoms with E-state index < -0.39 is 6.04 Å². The van der Waals surface area contributed by atoms with E-state index in [-0.39, 0.29) is 23.6 Å². The first kappa shape index (κ1) is 16.8. The molecule has 7 heteroatoms. The quantitative estimate of drug-likeness (QED) is 0.813. The van der Waals surface area contributed by atoms with Gasteiger partial charge in [0.1, 0.15) is 6.04 Å². The van der Waals surface area contributed by atoms with Crippen molar-refractivity contribution in [1.82, 2.24) is 15.8 Å². The van der Waals surface area contributed by atoms with Crippen molar-refractivity contribution < 1.29 is 14.4 Å². The first-order valence-corrected chi connectivity index (χ1v) is 9.36. The van der Waals surface area contributed by atoms with Crippen LogP contribution in [0.2, 0.25) is 0 Å². The van der Waals surface area contributed by atoms with E-state index in [1.165, 1.54) is 0 Å². The van der Waals surface area contributed by atoms with Crippen LogP contribution in [-0.4, -0.2) is 40.3 Å². The molecular weight excluding hydrogens is 326 g/mol. The van der Waals surface area contributed by atoms with E-state index >= 15 is 0 Å². The maximum atomic E-state index is 12.6. The summed E-state index contributed by atoms with van der Waals surface area (Å²) in [5, 5.41) is 0. The number of hydrazine groups is 1. The van der Waals surface area contributed by atoms with E-state index in [0.29, 0.717) is 17.2 Å². The van der Waals surface area contributed by atoms with Crippen molar-refractivity contribution in [1.29, 1.82) is 0 Å². The van der Waals surface area contributed by atoms with Crippen molar-refractivity contribution in [3.8, 4) is 0 Å². The molecule has 0 aromatic heterocycles. The number of carbonyl (C=O) groups excluding carboxylic acids is 3. The van der Waals surface area contributed by atoms with Crippen LogP contribution in [0.1, 0.15) is 36.0 Å². The zero-order valence-electron chi connectivity index (χ0n) is 13.4. The van der Waals surface area contributed by atoms with Crippen LogP contribution < -0.4 is 10.9 Å². The second kappa shape index (κ2) is 7.70. The van der Waals surface area contributed by atoms with Gasteiger partial charge in [0.25, 0.3) is 11.8 Å². The fraction of sp³-hybridized carbons (Fsp3) is 0.471. The molecule has 2 aliphatic rings. The van der Waals surface area contributed by atoms with Crippen LogP contribution in [0, 0.1) is 5.92 Å². The van der Waals surface area contributed by atoms with Crippen molar-refractivity contribution in [2.45, 2.75) is 31.7 Å². The molecule has 1 aliphatic heterocycles. The molecule has 1 aromatic carbocycles. The lowest BCUT2D eigenvalue weighted by Crippen LogP contribution is -2.53. The number of carbonyl (C=O) groups is 3. The summed E-state index contributed by atoms with van der Waals surface area (Å²) in [6.45, 7) is 0. The average Bonchev–Trinajstić information content (AvgIpc) is 3.31. The first-order valence-electron chi connectivity index (χ1n) is 8.20. The zero-order chi connectivity index (χ0) is 16.9. The van der Waals surface area contributed by atoms with Gasteiger partial charge in [-0.15, -0.1) is 11.8 Å². The van der Waals surface area contributed by atoms with E-state index in [9.17, 15) is 14.4 Å². The van der Waals surface area contributed by atoms with E-state index in [2.05, 4.69) is 10.9 Å². The van der Waals surface area contributed by atoms with Gasteiger partial charge in [-0.05, 0) is 25.0 Å². The third kappa shape index (κ3) is 3.72. The average molecular weight is 347 g/mol. The highest BCUT2D eigenvalue weighted by molar-refractivity contribution is 7.99. The molecule has 1 saturated heterocycles. The molecule has 1 atom stereocenters. The predicted octanol–water partition coefficient (Wildman–Crippen LogP) is 1.54. The van der Waals surface area contributed by atoms with Gasteiger partial charge in [0.05, 0.1) is 5.88 Å². The fourth-order valence-electron chi connectivity index (χ4n) is 3.15. The Balaban J connectivity index is 1.55. The highest BCUT2D eigenvalue weighted by Crippen LogP contribution is 2.30. The molecule has 1 aromatic rings. The van der Waals surface area contributed by atoms with Crippen LogP contribution in [0.5, 0.6) is 0 Å². The molecule has 128 valence electrons. The Bertz CT molecular complexity index is 617. The molecule has 0 radical (unpaired) electrons. The molecule has 0 spiro atoms. The molecule has 3 rings (SSSR count). The Kier molecular flexibility index (Phi) is 5.40. The summed E-state index contributed by atoms with van der Waals surface area (Å²) in [6.07, 6.45) is 4.00. The molecule has 0 unspecified atom stereocenters. The summed E-state index contributed by atoms with van der Waals surface area (Å²) in [7, 11) is 0. The van der Waals surface area contributed by atoms with Gasteiger partial charge < -0.3 is 4.90 Å². The minimum Gasteiger partial charge on any atom is -0.320 e. The van der Waals surface area contributed by atoms with Crippen LogP contribution in [-0.2, 0) is 9.59 Å². The van der Waals surface area contributed by atoms with Gasteiger partial charge in [-0.2, -0.15) is 0 Å². The van der Waals surface area contributed by atoms with Crippen molar-refractivity contribution >= 4 is 29.5 Å². The van der Waals surface area contributed by atoms with Crippen LogP contribution in [0.25, 0.3) is 0 Å². The first-order chi connectivity index (χ1) is 11.7. The van der Waals surface area contributed by atoms with E-state index in [1.807, 2.05) is 6.07 Å². The molecule has 0 bridgehead atoms. The number of hydrogen-bond acceptors (Lipinski definition) is 4.